The second-order valence-electron chi connectivity index (χ2n) is 6.93. The first-order valence-corrected chi connectivity index (χ1v) is 9.97. The molecule has 1 fully saturated rings. The second kappa shape index (κ2) is 9.77. The second-order valence-corrected chi connectivity index (χ2v) is 7.34. The molecule has 0 radical (unpaired) electrons. The Hall–Kier alpha value is -2.04. The fraction of sp³-hybridized carbons (Fsp3) is 0.409. The molecule has 27 heavy (non-hydrogen) atoms. The molecule has 0 aliphatic carbocycles. The van der Waals surface area contributed by atoms with Crippen molar-refractivity contribution >= 4 is 17.5 Å². The maximum atomic E-state index is 12.6. The summed E-state index contributed by atoms with van der Waals surface area (Å²) in [5.74, 6) is 0.711. The van der Waals surface area contributed by atoms with E-state index in [0.29, 0.717) is 17.1 Å². The summed E-state index contributed by atoms with van der Waals surface area (Å²) in [6.07, 6.45) is 4.95. The first-order valence-electron chi connectivity index (χ1n) is 9.60. The molecule has 1 N–H and O–H groups in total. The van der Waals surface area contributed by atoms with Gasteiger partial charge in [-0.2, -0.15) is 0 Å². The van der Waals surface area contributed by atoms with Crippen molar-refractivity contribution in [3.63, 3.8) is 0 Å². The van der Waals surface area contributed by atoms with Crippen molar-refractivity contribution in [3.05, 3.63) is 64.7 Å². The molecule has 0 aromatic heterocycles. The van der Waals surface area contributed by atoms with Gasteiger partial charge in [0.25, 0.3) is 5.91 Å². The van der Waals surface area contributed by atoms with E-state index in [-0.39, 0.29) is 11.9 Å². The number of carbonyl (C=O) groups excluding carboxylic acids is 1. The molecule has 3 rings (SSSR count). The largest absolute Gasteiger partial charge is 0.497 e. The lowest BCUT2D eigenvalue weighted by atomic mass is 10.0. The Bertz CT molecular complexity index is 740. The fourth-order valence-corrected chi connectivity index (χ4v) is 3.84. The van der Waals surface area contributed by atoms with Gasteiger partial charge in [0.15, 0.2) is 0 Å². The minimum atomic E-state index is -0.131. The van der Waals surface area contributed by atoms with Crippen LogP contribution in [0.25, 0.3) is 0 Å². The number of ether oxygens (including phenoxy) is 1. The van der Waals surface area contributed by atoms with Gasteiger partial charge in [-0.05, 0) is 55.8 Å². The third-order valence-electron chi connectivity index (χ3n) is 5.16. The number of hydrogen-bond acceptors (Lipinski definition) is 3. The predicted octanol–water partition coefficient (Wildman–Crippen LogP) is 4.70. The average Bonchev–Trinajstić information content (AvgIpc) is 2.98. The lowest BCUT2D eigenvalue weighted by Gasteiger charge is -2.31. The lowest BCUT2D eigenvalue weighted by molar-refractivity contribution is 0.0933. The van der Waals surface area contributed by atoms with Crippen LogP contribution in [-0.2, 0) is 0 Å². The zero-order chi connectivity index (χ0) is 19.1. The molecule has 0 spiro atoms. The Kier molecular flexibility index (Phi) is 7.13. The molecule has 1 heterocycles. The summed E-state index contributed by atoms with van der Waals surface area (Å²) in [6.45, 7) is 2.66. The number of benzene rings is 2. The monoisotopic (exact) mass is 386 g/mol. The molecule has 2 aromatic carbocycles. The van der Waals surface area contributed by atoms with E-state index in [9.17, 15) is 4.79 Å². The average molecular weight is 387 g/mol. The number of rotatable bonds is 6. The first-order chi connectivity index (χ1) is 13.2. The van der Waals surface area contributed by atoms with Crippen LogP contribution in [0.4, 0.5) is 0 Å². The Balaban J connectivity index is 1.76. The molecule has 4 nitrogen and oxygen atoms in total. The van der Waals surface area contributed by atoms with E-state index < -0.39 is 0 Å². The first kappa shape index (κ1) is 19.7. The third-order valence-corrected chi connectivity index (χ3v) is 5.49. The van der Waals surface area contributed by atoms with Crippen LogP contribution in [0, 0.1) is 0 Å². The SMILES string of the molecule is COc1ccc([C@H](CNC(=O)c2ccccc2Cl)N2CCCCCC2)cc1. The standard InChI is InChI=1S/C22H27ClN2O2/c1-27-18-12-10-17(11-13-18)21(25-14-6-2-3-7-15-25)16-24-22(26)19-8-4-5-9-20(19)23/h4-5,8-13,21H,2-3,6-7,14-16H2,1H3,(H,24,26)/t21-/m0/s1. The van der Waals surface area contributed by atoms with E-state index in [0.717, 1.165) is 18.8 Å². The van der Waals surface area contributed by atoms with E-state index in [1.807, 2.05) is 24.3 Å². The summed E-state index contributed by atoms with van der Waals surface area (Å²) < 4.78 is 5.29. The normalized spacial score (nSPS) is 16.4. The molecule has 0 unspecified atom stereocenters. The maximum absolute atomic E-state index is 12.6. The molecule has 2 aromatic rings. The highest BCUT2D eigenvalue weighted by Gasteiger charge is 2.23. The Morgan fingerprint density at radius 1 is 1.07 bits per heavy atom. The van der Waals surface area contributed by atoms with E-state index >= 15 is 0 Å². The van der Waals surface area contributed by atoms with E-state index in [1.165, 1.54) is 31.2 Å². The van der Waals surface area contributed by atoms with Gasteiger partial charge in [-0.3, -0.25) is 9.69 Å². The maximum Gasteiger partial charge on any atom is 0.252 e. The van der Waals surface area contributed by atoms with Gasteiger partial charge in [-0.1, -0.05) is 48.7 Å². The zero-order valence-corrected chi connectivity index (χ0v) is 16.5. The Morgan fingerprint density at radius 2 is 1.74 bits per heavy atom. The number of nitrogens with one attached hydrogen (secondary N) is 1. The van der Waals surface area contributed by atoms with Crippen LogP contribution in [-0.4, -0.2) is 37.6 Å². The number of methoxy groups -OCH3 is 1. The zero-order valence-electron chi connectivity index (χ0n) is 15.8. The van der Waals surface area contributed by atoms with Crippen molar-refractivity contribution in [2.24, 2.45) is 0 Å². The van der Waals surface area contributed by atoms with Crippen molar-refractivity contribution < 1.29 is 9.53 Å². The van der Waals surface area contributed by atoms with Gasteiger partial charge < -0.3 is 10.1 Å². The van der Waals surface area contributed by atoms with Crippen LogP contribution in [0.1, 0.15) is 47.6 Å². The molecule has 0 saturated carbocycles. The summed E-state index contributed by atoms with van der Waals surface area (Å²) in [5.41, 5.74) is 1.71. The summed E-state index contributed by atoms with van der Waals surface area (Å²) in [5, 5.41) is 3.57. The molecule has 1 amide bonds. The minimum Gasteiger partial charge on any atom is -0.497 e. The number of hydrogen-bond donors (Lipinski definition) is 1. The lowest BCUT2D eigenvalue weighted by Crippen LogP contribution is -2.38. The van der Waals surface area contributed by atoms with Crippen molar-refractivity contribution in [2.45, 2.75) is 31.7 Å². The molecular weight excluding hydrogens is 360 g/mol. The molecule has 1 aliphatic rings. The van der Waals surface area contributed by atoms with Crippen molar-refractivity contribution in [1.82, 2.24) is 10.2 Å². The van der Waals surface area contributed by atoms with Gasteiger partial charge in [0.1, 0.15) is 5.75 Å². The van der Waals surface area contributed by atoms with Crippen LogP contribution in [0.5, 0.6) is 5.75 Å². The predicted molar refractivity (Wildman–Crippen MR) is 110 cm³/mol. The van der Waals surface area contributed by atoms with Crippen LogP contribution in [0.2, 0.25) is 5.02 Å². The number of likely N-dealkylation sites (tertiary alicyclic amines) is 1. The third kappa shape index (κ3) is 5.24. The molecule has 144 valence electrons. The van der Waals surface area contributed by atoms with Crippen LogP contribution < -0.4 is 10.1 Å². The Labute approximate surface area is 166 Å². The summed E-state index contributed by atoms with van der Waals surface area (Å²) in [4.78, 5) is 15.1. The molecule has 5 heteroatoms. The van der Waals surface area contributed by atoms with Gasteiger partial charge in [0.05, 0.1) is 23.7 Å². The van der Waals surface area contributed by atoms with Crippen molar-refractivity contribution in [2.75, 3.05) is 26.7 Å². The van der Waals surface area contributed by atoms with E-state index in [1.54, 1.807) is 19.2 Å². The highest BCUT2D eigenvalue weighted by Crippen LogP contribution is 2.26. The van der Waals surface area contributed by atoms with Crippen LogP contribution in [0.3, 0.4) is 0 Å². The minimum absolute atomic E-state index is 0.131. The topological polar surface area (TPSA) is 41.6 Å². The Morgan fingerprint density at radius 3 is 2.37 bits per heavy atom. The number of halogens is 1. The van der Waals surface area contributed by atoms with Crippen LogP contribution in [0.15, 0.2) is 48.5 Å². The summed E-state index contributed by atoms with van der Waals surface area (Å²) in [6, 6.07) is 15.4. The smallest absolute Gasteiger partial charge is 0.252 e. The number of amides is 1. The molecule has 1 atom stereocenters. The summed E-state index contributed by atoms with van der Waals surface area (Å²) >= 11 is 6.17. The van der Waals surface area contributed by atoms with Gasteiger partial charge in [-0.25, -0.2) is 0 Å². The molecule has 0 bridgehead atoms. The van der Waals surface area contributed by atoms with Gasteiger partial charge in [-0.15, -0.1) is 0 Å². The van der Waals surface area contributed by atoms with Gasteiger partial charge in [0, 0.05) is 6.54 Å². The number of carbonyl (C=O) groups is 1. The van der Waals surface area contributed by atoms with Crippen molar-refractivity contribution in [3.8, 4) is 5.75 Å². The quantitative estimate of drug-likeness (QED) is 0.782. The highest BCUT2D eigenvalue weighted by atomic mass is 35.5. The van der Waals surface area contributed by atoms with Gasteiger partial charge in [0.2, 0.25) is 0 Å². The number of nitrogens with zero attached hydrogens (tertiary/aromatic N) is 1. The van der Waals surface area contributed by atoms with Gasteiger partial charge >= 0.3 is 0 Å². The highest BCUT2D eigenvalue weighted by molar-refractivity contribution is 6.33. The van der Waals surface area contributed by atoms with Crippen LogP contribution >= 0.6 is 11.6 Å². The molecule has 1 aliphatic heterocycles. The van der Waals surface area contributed by atoms with E-state index in [4.69, 9.17) is 16.3 Å². The fourth-order valence-electron chi connectivity index (χ4n) is 3.62. The van der Waals surface area contributed by atoms with Crippen molar-refractivity contribution in [1.29, 1.82) is 0 Å². The molecule has 1 saturated heterocycles. The summed E-state index contributed by atoms with van der Waals surface area (Å²) in [7, 11) is 1.67. The molecular formula is C22H27ClN2O2. The van der Waals surface area contributed by atoms with E-state index in [2.05, 4.69) is 22.3 Å².